The van der Waals surface area contributed by atoms with E-state index in [4.69, 9.17) is 10.5 Å². The zero-order valence-electron chi connectivity index (χ0n) is 22.1. The fraction of sp³-hybridized carbons (Fsp3) is 0.483. The molecule has 2 N–H and O–H groups in total. The van der Waals surface area contributed by atoms with Gasteiger partial charge in [0.1, 0.15) is 5.54 Å². The van der Waals surface area contributed by atoms with E-state index in [9.17, 15) is 14.4 Å². The van der Waals surface area contributed by atoms with Crippen molar-refractivity contribution >= 4 is 23.3 Å². The van der Waals surface area contributed by atoms with Gasteiger partial charge >= 0.3 is 0 Å². The molecule has 4 rings (SSSR count). The number of anilines is 1. The molecule has 198 valence electrons. The molecule has 2 aliphatic rings. The fourth-order valence-corrected chi connectivity index (χ4v) is 5.29. The number of rotatable bonds is 9. The lowest BCUT2D eigenvalue weighted by Crippen LogP contribution is -2.61. The van der Waals surface area contributed by atoms with Crippen molar-refractivity contribution in [1.82, 2.24) is 9.80 Å². The lowest BCUT2D eigenvalue weighted by Gasteiger charge is -2.45. The molecule has 2 amide bonds. The Hall–Kier alpha value is -3.23. The Bertz CT molecular complexity index is 1100. The Morgan fingerprint density at radius 1 is 1.08 bits per heavy atom. The largest absolute Gasteiger partial charge is 0.376 e. The highest BCUT2D eigenvalue weighted by molar-refractivity contribution is 5.95. The van der Waals surface area contributed by atoms with Gasteiger partial charge in [-0.2, -0.15) is 0 Å². The van der Waals surface area contributed by atoms with Crippen LogP contribution < -0.4 is 10.6 Å². The van der Waals surface area contributed by atoms with Gasteiger partial charge in [0.25, 0.3) is 5.91 Å². The van der Waals surface area contributed by atoms with Crippen LogP contribution in [0, 0.1) is 5.92 Å². The first kappa shape index (κ1) is 26.8. The Morgan fingerprint density at radius 3 is 2.38 bits per heavy atom. The highest BCUT2D eigenvalue weighted by Crippen LogP contribution is 2.38. The van der Waals surface area contributed by atoms with Gasteiger partial charge in [0, 0.05) is 25.7 Å². The molecule has 2 aromatic carbocycles. The first-order chi connectivity index (χ1) is 17.6. The van der Waals surface area contributed by atoms with Gasteiger partial charge < -0.3 is 25.2 Å². The zero-order chi connectivity index (χ0) is 26.6. The number of piperidine rings is 1. The number of ketones is 1. The molecule has 0 aliphatic carbocycles. The number of amides is 2. The van der Waals surface area contributed by atoms with Crippen LogP contribution in [0.2, 0.25) is 0 Å². The van der Waals surface area contributed by atoms with E-state index in [2.05, 4.69) is 4.90 Å². The number of nitrogens with zero attached hydrogens (tertiary/aromatic N) is 3. The summed E-state index contributed by atoms with van der Waals surface area (Å²) in [6, 6.07) is 19.6. The molecule has 0 aromatic heterocycles. The van der Waals surface area contributed by atoms with Gasteiger partial charge in [0.15, 0.2) is 5.78 Å². The molecule has 37 heavy (non-hydrogen) atoms. The van der Waals surface area contributed by atoms with E-state index in [1.807, 2.05) is 60.7 Å². The van der Waals surface area contributed by atoms with Crippen LogP contribution >= 0.6 is 0 Å². The van der Waals surface area contributed by atoms with Gasteiger partial charge in [0.2, 0.25) is 5.91 Å². The maximum Gasteiger partial charge on any atom is 0.251 e. The number of benzene rings is 2. The van der Waals surface area contributed by atoms with E-state index in [1.54, 1.807) is 30.7 Å². The highest BCUT2D eigenvalue weighted by Gasteiger charge is 2.54. The molecule has 2 heterocycles. The first-order valence-electron chi connectivity index (χ1n) is 12.9. The maximum atomic E-state index is 13.9. The number of carbonyl (C=O) groups is 3. The highest BCUT2D eigenvalue weighted by atomic mass is 16.5. The molecule has 1 unspecified atom stereocenters. The molecular weight excluding hydrogens is 468 g/mol. The van der Waals surface area contributed by atoms with Crippen molar-refractivity contribution in [3.63, 3.8) is 0 Å². The summed E-state index contributed by atoms with van der Waals surface area (Å²) < 4.78 is 5.93. The van der Waals surface area contributed by atoms with Gasteiger partial charge in [-0.3, -0.25) is 14.4 Å². The second-order valence-corrected chi connectivity index (χ2v) is 10.8. The number of carbonyl (C=O) groups excluding carboxylic acids is 3. The molecule has 2 saturated heterocycles. The number of hydrogen-bond donors (Lipinski definition) is 1. The van der Waals surface area contributed by atoms with E-state index in [0.717, 1.165) is 11.3 Å². The van der Waals surface area contributed by atoms with E-state index >= 15 is 0 Å². The van der Waals surface area contributed by atoms with E-state index in [0.29, 0.717) is 32.7 Å². The molecule has 2 aliphatic heterocycles. The predicted molar refractivity (Wildman–Crippen MR) is 143 cm³/mol. The van der Waals surface area contributed by atoms with Crippen LogP contribution in [0.1, 0.15) is 38.7 Å². The van der Waals surface area contributed by atoms with Gasteiger partial charge in [-0.05, 0) is 44.4 Å². The van der Waals surface area contributed by atoms with Crippen LogP contribution in [0.15, 0.2) is 60.7 Å². The summed E-state index contributed by atoms with van der Waals surface area (Å²) in [5.74, 6) is -1.01. The molecule has 8 heteroatoms. The van der Waals surface area contributed by atoms with E-state index in [-0.39, 0.29) is 37.2 Å². The number of para-hydroxylation sites is 1. The second kappa shape index (κ2) is 11.0. The molecule has 0 bridgehead atoms. The smallest absolute Gasteiger partial charge is 0.251 e. The lowest BCUT2D eigenvalue weighted by atomic mass is 9.85. The summed E-state index contributed by atoms with van der Waals surface area (Å²) in [4.78, 5) is 45.8. The molecule has 0 saturated carbocycles. The minimum atomic E-state index is -1.05. The number of likely N-dealkylation sites (N-methyl/N-ethyl adjacent to an activating group) is 1. The van der Waals surface area contributed by atoms with Crippen molar-refractivity contribution in [3.8, 4) is 0 Å². The van der Waals surface area contributed by atoms with Crippen molar-refractivity contribution in [2.75, 3.05) is 38.3 Å². The number of nitrogens with two attached hydrogens (primary N) is 1. The van der Waals surface area contributed by atoms with Crippen molar-refractivity contribution in [1.29, 1.82) is 0 Å². The Balaban J connectivity index is 1.54. The van der Waals surface area contributed by atoms with Crippen LogP contribution in [0.3, 0.4) is 0 Å². The van der Waals surface area contributed by atoms with Crippen LogP contribution in [-0.4, -0.2) is 71.9 Å². The molecular formula is C29H38N4O4. The molecule has 8 nitrogen and oxygen atoms in total. The van der Waals surface area contributed by atoms with Crippen molar-refractivity contribution in [2.45, 2.75) is 50.8 Å². The molecule has 0 radical (unpaired) electrons. The summed E-state index contributed by atoms with van der Waals surface area (Å²) in [6.07, 6.45) is 1.36. The van der Waals surface area contributed by atoms with Gasteiger partial charge in [0.05, 0.1) is 37.9 Å². The maximum absolute atomic E-state index is 13.9. The van der Waals surface area contributed by atoms with Crippen LogP contribution in [-0.2, 0) is 25.7 Å². The summed E-state index contributed by atoms with van der Waals surface area (Å²) in [5.41, 5.74) is 6.15. The summed E-state index contributed by atoms with van der Waals surface area (Å²) in [6.45, 7) is 5.04. The topological polar surface area (TPSA) is 96.2 Å². The van der Waals surface area contributed by atoms with Gasteiger partial charge in [-0.15, -0.1) is 0 Å². The molecule has 2 fully saturated rings. The number of likely N-dealkylation sites (tertiary alicyclic amines) is 1. The third-order valence-electron chi connectivity index (χ3n) is 7.40. The monoisotopic (exact) mass is 506 g/mol. The minimum Gasteiger partial charge on any atom is -0.376 e. The number of ether oxygens (including phenoxy) is 1. The second-order valence-electron chi connectivity index (χ2n) is 10.8. The SMILES string of the molecule is CN1CN(c2ccccc2)C2(CCCN(C(=O)[C@@H](COCc3ccccc3)CC(=O)C(C)(C)N)C2)C1=O. The summed E-state index contributed by atoms with van der Waals surface area (Å²) in [5, 5.41) is 0. The third kappa shape index (κ3) is 5.86. The Labute approximate surface area is 219 Å². The van der Waals surface area contributed by atoms with Crippen LogP contribution in [0.5, 0.6) is 0 Å². The van der Waals surface area contributed by atoms with E-state index in [1.165, 1.54) is 0 Å². The van der Waals surface area contributed by atoms with E-state index < -0.39 is 17.0 Å². The van der Waals surface area contributed by atoms with Gasteiger partial charge in [-0.25, -0.2) is 0 Å². The van der Waals surface area contributed by atoms with Crippen molar-refractivity contribution in [2.24, 2.45) is 11.7 Å². The Kier molecular flexibility index (Phi) is 7.99. The normalized spacial score (nSPS) is 21.0. The predicted octanol–water partition coefficient (Wildman–Crippen LogP) is 2.81. The molecule has 2 atom stereocenters. The lowest BCUT2D eigenvalue weighted by molar-refractivity contribution is -0.145. The van der Waals surface area contributed by atoms with Crippen molar-refractivity contribution < 1.29 is 19.1 Å². The molecule has 2 aromatic rings. The summed E-state index contributed by atoms with van der Waals surface area (Å²) >= 11 is 0. The summed E-state index contributed by atoms with van der Waals surface area (Å²) in [7, 11) is 1.80. The number of hydrogen-bond acceptors (Lipinski definition) is 6. The average molecular weight is 507 g/mol. The number of Topliss-reactive ketones (excluding diaryl/α,β-unsaturated/α-hetero) is 1. The minimum absolute atomic E-state index is 0.00310. The third-order valence-corrected chi connectivity index (χ3v) is 7.40. The average Bonchev–Trinajstić information content (AvgIpc) is 3.13. The first-order valence-corrected chi connectivity index (χ1v) is 12.9. The Morgan fingerprint density at radius 2 is 1.73 bits per heavy atom. The fourth-order valence-electron chi connectivity index (χ4n) is 5.29. The molecule has 1 spiro atoms. The zero-order valence-corrected chi connectivity index (χ0v) is 22.1. The van der Waals surface area contributed by atoms with Crippen molar-refractivity contribution in [3.05, 3.63) is 66.2 Å². The van der Waals surface area contributed by atoms with Crippen LogP contribution in [0.25, 0.3) is 0 Å². The van der Waals surface area contributed by atoms with Crippen LogP contribution in [0.4, 0.5) is 5.69 Å². The standard InChI is InChI=1S/C29H38N4O4/c1-28(2,30)25(34)17-23(19-37-18-22-11-6-4-7-12-22)26(35)32-16-10-15-29(20-32)27(36)31(3)21-33(29)24-13-8-5-9-14-24/h4-9,11-14,23H,10,15-21,30H2,1-3H3/t23-,29?/m1/s1. The quantitative estimate of drug-likeness (QED) is 0.562. The van der Waals surface area contributed by atoms with Gasteiger partial charge in [-0.1, -0.05) is 48.5 Å².